The molecule has 82 valence electrons. The Morgan fingerprint density at radius 3 is 2.40 bits per heavy atom. The molecule has 0 fully saturated rings. The molecular formula is C13H18O2. The van der Waals surface area contributed by atoms with E-state index in [1.807, 2.05) is 37.3 Å². The Bertz CT molecular complexity index is 328. The normalized spacial score (nSPS) is 16.8. The molecule has 1 rings (SSSR count). The first-order valence-electron chi connectivity index (χ1n) is 5.30. The number of hydrogen-bond acceptors (Lipinski definition) is 2. The van der Waals surface area contributed by atoms with E-state index in [-0.39, 0.29) is 11.7 Å². The van der Waals surface area contributed by atoms with Crippen molar-refractivity contribution >= 4 is 5.78 Å². The lowest BCUT2D eigenvalue weighted by Gasteiger charge is -2.29. The van der Waals surface area contributed by atoms with E-state index in [1.165, 1.54) is 0 Å². The molecule has 0 aromatic heterocycles. The third-order valence-corrected chi connectivity index (χ3v) is 3.03. The van der Waals surface area contributed by atoms with Gasteiger partial charge in [-0.1, -0.05) is 44.2 Å². The molecule has 1 aromatic rings. The largest absolute Gasteiger partial charge is 0.385 e. The molecule has 0 amide bonds. The Morgan fingerprint density at radius 2 is 1.93 bits per heavy atom. The maximum atomic E-state index is 11.6. The molecule has 0 spiro atoms. The van der Waals surface area contributed by atoms with E-state index in [4.69, 9.17) is 0 Å². The number of hydrogen-bond donors (Lipinski definition) is 1. The molecule has 0 aliphatic carbocycles. The molecule has 2 atom stereocenters. The van der Waals surface area contributed by atoms with Crippen LogP contribution in [0.2, 0.25) is 0 Å². The number of ketones is 1. The van der Waals surface area contributed by atoms with Crippen LogP contribution in [0, 0.1) is 5.92 Å². The molecule has 0 aliphatic heterocycles. The van der Waals surface area contributed by atoms with Crippen molar-refractivity contribution < 1.29 is 9.90 Å². The lowest BCUT2D eigenvalue weighted by Crippen LogP contribution is -2.34. The van der Waals surface area contributed by atoms with Crippen molar-refractivity contribution in [1.29, 1.82) is 0 Å². The van der Waals surface area contributed by atoms with E-state index in [0.717, 1.165) is 5.56 Å². The minimum Gasteiger partial charge on any atom is -0.385 e. The van der Waals surface area contributed by atoms with E-state index < -0.39 is 5.60 Å². The molecule has 2 heteroatoms. The fourth-order valence-corrected chi connectivity index (χ4v) is 1.65. The molecule has 0 saturated carbocycles. The van der Waals surface area contributed by atoms with Gasteiger partial charge in [0.2, 0.25) is 0 Å². The topological polar surface area (TPSA) is 37.3 Å². The van der Waals surface area contributed by atoms with Crippen molar-refractivity contribution in [1.82, 2.24) is 0 Å². The van der Waals surface area contributed by atoms with Crippen LogP contribution in [0.25, 0.3) is 0 Å². The summed E-state index contributed by atoms with van der Waals surface area (Å²) in [6.45, 7) is 5.29. The molecule has 0 aliphatic rings. The molecule has 1 aromatic carbocycles. The van der Waals surface area contributed by atoms with Crippen LogP contribution in [0.1, 0.15) is 32.8 Å². The predicted molar refractivity (Wildman–Crippen MR) is 60.5 cm³/mol. The van der Waals surface area contributed by atoms with Gasteiger partial charge in [0.25, 0.3) is 0 Å². The third-order valence-electron chi connectivity index (χ3n) is 3.03. The average Bonchev–Trinajstić information content (AvgIpc) is 2.28. The molecule has 0 radical (unpaired) electrons. The zero-order valence-corrected chi connectivity index (χ0v) is 9.53. The van der Waals surface area contributed by atoms with Crippen LogP contribution in [0.3, 0.4) is 0 Å². The van der Waals surface area contributed by atoms with Crippen LogP contribution in [-0.4, -0.2) is 10.9 Å². The minimum absolute atomic E-state index is 0.0869. The monoisotopic (exact) mass is 206 g/mol. The van der Waals surface area contributed by atoms with Gasteiger partial charge < -0.3 is 5.11 Å². The lowest BCUT2D eigenvalue weighted by atomic mass is 9.81. The average molecular weight is 206 g/mol. The highest BCUT2D eigenvalue weighted by Crippen LogP contribution is 2.30. The van der Waals surface area contributed by atoms with Gasteiger partial charge in [0.1, 0.15) is 5.78 Å². The summed E-state index contributed by atoms with van der Waals surface area (Å²) < 4.78 is 0. The number of carbonyl (C=O) groups is 1. The zero-order valence-electron chi connectivity index (χ0n) is 9.53. The smallest absolute Gasteiger partial charge is 0.138 e. The van der Waals surface area contributed by atoms with Crippen LogP contribution < -0.4 is 0 Å². The Hall–Kier alpha value is -1.15. The predicted octanol–water partition coefficient (Wildman–Crippen LogP) is 2.51. The second-order valence-corrected chi connectivity index (χ2v) is 4.06. The van der Waals surface area contributed by atoms with Crippen molar-refractivity contribution in [2.75, 3.05) is 0 Å². The van der Waals surface area contributed by atoms with Crippen molar-refractivity contribution in [3.8, 4) is 0 Å². The second-order valence-electron chi connectivity index (χ2n) is 4.06. The van der Waals surface area contributed by atoms with Gasteiger partial charge in [0.05, 0.1) is 5.60 Å². The molecule has 0 bridgehead atoms. The van der Waals surface area contributed by atoms with Gasteiger partial charge in [0, 0.05) is 12.3 Å². The summed E-state index contributed by atoms with van der Waals surface area (Å²) in [5.74, 6) is -0.284. The summed E-state index contributed by atoms with van der Waals surface area (Å²) in [6, 6.07) is 9.32. The Labute approximate surface area is 90.9 Å². The van der Waals surface area contributed by atoms with E-state index >= 15 is 0 Å². The molecule has 15 heavy (non-hydrogen) atoms. The van der Waals surface area contributed by atoms with Crippen molar-refractivity contribution in [2.24, 2.45) is 5.92 Å². The van der Waals surface area contributed by atoms with E-state index in [0.29, 0.717) is 6.42 Å². The summed E-state index contributed by atoms with van der Waals surface area (Å²) in [5.41, 5.74) is -0.284. The van der Waals surface area contributed by atoms with Crippen molar-refractivity contribution in [2.45, 2.75) is 32.8 Å². The van der Waals surface area contributed by atoms with Crippen LogP contribution in [0.4, 0.5) is 0 Å². The number of rotatable bonds is 4. The molecule has 2 nitrogen and oxygen atoms in total. The summed E-state index contributed by atoms with van der Waals surface area (Å²) in [4.78, 5) is 11.6. The summed E-state index contributed by atoms with van der Waals surface area (Å²) in [5, 5.41) is 10.3. The van der Waals surface area contributed by atoms with E-state index in [2.05, 4.69) is 0 Å². The lowest BCUT2D eigenvalue weighted by molar-refractivity contribution is -0.130. The first-order chi connectivity index (χ1) is 7.00. The summed E-state index contributed by atoms with van der Waals surface area (Å²) in [7, 11) is 0. The molecular weight excluding hydrogens is 188 g/mol. The molecule has 1 N–H and O–H groups in total. The van der Waals surface area contributed by atoms with E-state index in [1.54, 1.807) is 13.8 Å². The number of carbonyl (C=O) groups excluding carboxylic acids is 1. The third kappa shape index (κ3) is 2.45. The maximum absolute atomic E-state index is 11.6. The standard InChI is InChI=1S/C13H18O2/c1-4-12(14)10(2)13(3,15)11-8-6-5-7-9-11/h5-10,15H,4H2,1-3H3. The zero-order chi connectivity index (χ0) is 11.5. The highest BCUT2D eigenvalue weighted by Gasteiger charge is 2.33. The van der Waals surface area contributed by atoms with E-state index in [9.17, 15) is 9.90 Å². The SMILES string of the molecule is CCC(=O)C(C)C(C)(O)c1ccccc1. The van der Waals surface area contributed by atoms with Gasteiger partial charge >= 0.3 is 0 Å². The maximum Gasteiger partial charge on any atom is 0.138 e. The highest BCUT2D eigenvalue weighted by atomic mass is 16.3. The fraction of sp³-hybridized carbons (Fsp3) is 0.462. The van der Waals surface area contributed by atoms with Gasteiger partial charge in [0.15, 0.2) is 0 Å². The van der Waals surface area contributed by atoms with Crippen LogP contribution in [0.5, 0.6) is 0 Å². The Morgan fingerprint density at radius 1 is 1.40 bits per heavy atom. The van der Waals surface area contributed by atoms with Crippen LogP contribution in [-0.2, 0) is 10.4 Å². The van der Waals surface area contributed by atoms with Gasteiger partial charge in [-0.05, 0) is 12.5 Å². The second kappa shape index (κ2) is 4.58. The molecule has 0 saturated heterocycles. The Balaban J connectivity index is 2.97. The van der Waals surface area contributed by atoms with Crippen molar-refractivity contribution in [3.05, 3.63) is 35.9 Å². The molecule has 2 unspecified atom stereocenters. The van der Waals surface area contributed by atoms with Crippen molar-refractivity contribution in [3.63, 3.8) is 0 Å². The minimum atomic E-state index is -1.08. The number of benzene rings is 1. The Kier molecular flexibility index (Phi) is 3.64. The number of aliphatic hydroxyl groups is 1. The van der Waals surface area contributed by atoms with Gasteiger partial charge in [-0.2, -0.15) is 0 Å². The first kappa shape index (κ1) is 11.9. The molecule has 0 heterocycles. The van der Waals surface area contributed by atoms with Crippen LogP contribution >= 0.6 is 0 Å². The quantitative estimate of drug-likeness (QED) is 0.821. The van der Waals surface area contributed by atoms with Crippen LogP contribution in [0.15, 0.2) is 30.3 Å². The number of Topliss-reactive ketones (excluding diaryl/α,β-unsaturated/α-hetero) is 1. The van der Waals surface area contributed by atoms with Gasteiger partial charge in [-0.25, -0.2) is 0 Å². The summed E-state index contributed by atoms with van der Waals surface area (Å²) in [6.07, 6.45) is 0.462. The fourth-order valence-electron chi connectivity index (χ4n) is 1.65. The van der Waals surface area contributed by atoms with Gasteiger partial charge in [-0.15, -0.1) is 0 Å². The first-order valence-corrected chi connectivity index (χ1v) is 5.30. The summed E-state index contributed by atoms with van der Waals surface area (Å²) >= 11 is 0. The highest BCUT2D eigenvalue weighted by molar-refractivity contribution is 5.81. The van der Waals surface area contributed by atoms with Gasteiger partial charge in [-0.3, -0.25) is 4.79 Å².